The number of hydrogen-bond acceptors (Lipinski definition) is 5. The van der Waals surface area contributed by atoms with E-state index in [0.29, 0.717) is 26.3 Å². The molecule has 0 aromatic carbocycles. The highest BCUT2D eigenvalue weighted by molar-refractivity contribution is 4.69. The van der Waals surface area contributed by atoms with Crippen LogP contribution in [0.2, 0.25) is 0 Å². The van der Waals surface area contributed by atoms with Gasteiger partial charge in [-0.3, -0.25) is 4.90 Å². The van der Waals surface area contributed by atoms with Crippen LogP contribution in [-0.4, -0.2) is 73.4 Å². The van der Waals surface area contributed by atoms with Crippen molar-refractivity contribution in [3.63, 3.8) is 0 Å². The van der Waals surface area contributed by atoms with Crippen molar-refractivity contribution >= 4 is 0 Å². The third kappa shape index (κ3) is 42.4. The molecule has 0 aromatic rings. The van der Waals surface area contributed by atoms with Gasteiger partial charge < -0.3 is 19.7 Å². The van der Waals surface area contributed by atoms with Gasteiger partial charge in [-0.2, -0.15) is 0 Å². The Labute approximate surface area is 321 Å². The second kappa shape index (κ2) is 44.2. The Bertz CT molecular complexity index is 584. The van der Waals surface area contributed by atoms with Gasteiger partial charge in [-0.25, -0.2) is 0 Å². The number of nitrogens with zero attached hydrogens (tertiary/aromatic N) is 1. The van der Waals surface area contributed by atoms with E-state index in [-0.39, 0.29) is 0 Å². The van der Waals surface area contributed by atoms with Crippen LogP contribution in [0.1, 0.15) is 239 Å². The Morgan fingerprint density at radius 3 is 0.843 bits per heavy atom. The van der Waals surface area contributed by atoms with Gasteiger partial charge in [0, 0.05) is 26.3 Å². The predicted molar refractivity (Wildman–Crippen MR) is 224 cm³/mol. The highest BCUT2D eigenvalue weighted by Crippen LogP contribution is 2.15. The first-order chi connectivity index (χ1) is 25.1. The van der Waals surface area contributed by atoms with E-state index in [4.69, 9.17) is 9.47 Å². The minimum Gasteiger partial charge on any atom is -0.389 e. The molecule has 0 aliphatic heterocycles. The first kappa shape index (κ1) is 50.8. The second-order valence-electron chi connectivity index (χ2n) is 16.2. The summed E-state index contributed by atoms with van der Waals surface area (Å²) in [6.07, 6.45) is 44.4. The van der Waals surface area contributed by atoms with Crippen LogP contribution < -0.4 is 0 Å². The van der Waals surface area contributed by atoms with Crippen molar-refractivity contribution in [1.82, 2.24) is 4.90 Å². The van der Waals surface area contributed by atoms with E-state index in [1.807, 2.05) is 0 Å². The number of ether oxygens (including phenoxy) is 2. The van der Waals surface area contributed by atoms with E-state index in [2.05, 4.69) is 25.7 Å². The largest absolute Gasteiger partial charge is 0.389 e. The monoisotopic (exact) mass is 726 g/mol. The lowest BCUT2D eigenvalue weighted by Crippen LogP contribution is -2.41. The molecule has 0 radical (unpaired) electrons. The van der Waals surface area contributed by atoms with Crippen LogP contribution in [0.5, 0.6) is 0 Å². The lowest BCUT2D eigenvalue weighted by Gasteiger charge is -2.27. The zero-order valence-electron chi connectivity index (χ0n) is 35.3. The predicted octanol–water partition coefficient (Wildman–Crippen LogP) is 13.4. The first-order valence-electron chi connectivity index (χ1n) is 23.4. The summed E-state index contributed by atoms with van der Waals surface area (Å²) in [6, 6.07) is 0. The summed E-state index contributed by atoms with van der Waals surface area (Å²) in [5.74, 6) is 0. The third-order valence-electron chi connectivity index (χ3n) is 10.7. The minimum atomic E-state index is -0.514. The summed E-state index contributed by atoms with van der Waals surface area (Å²) >= 11 is 0. The minimum absolute atomic E-state index is 0.387. The van der Waals surface area contributed by atoms with Crippen LogP contribution in [0.25, 0.3) is 0 Å². The Balaban J connectivity index is 4.19. The van der Waals surface area contributed by atoms with Crippen LogP contribution in [0, 0.1) is 0 Å². The van der Waals surface area contributed by atoms with Crippen molar-refractivity contribution in [3.05, 3.63) is 0 Å². The van der Waals surface area contributed by atoms with Gasteiger partial charge in [-0.1, -0.05) is 220 Å². The fraction of sp³-hybridized carbons (Fsp3) is 1.00. The molecular weight excluding hydrogens is 631 g/mol. The van der Waals surface area contributed by atoms with Crippen LogP contribution in [0.4, 0.5) is 0 Å². The lowest BCUT2D eigenvalue weighted by molar-refractivity contribution is -0.0113. The van der Waals surface area contributed by atoms with Crippen molar-refractivity contribution in [1.29, 1.82) is 0 Å². The summed E-state index contributed by atoms with van der Waals surface area (Å²) in [5, 5.41) is 21.6. The van der Waals surface area contributed by atoms with Crippen molar-refractivity contribution in [3.8, 4) is 0 Å². The van der Waals surface area contributed by atoms with Gasteiger partial charge >= 0.3 is 0 Å². The fourth-order valence-corrected chi connectivity index (χ4v) is 7.31. The molecule has 0 bridgehead atoms. The first-order valence-corrected chi connectivity index (χ1v) is 23.4. The number of aliphatic hydroxyl groups excluding tert-OH is 2. The SMILES string of the molecule is CCCCCCCCCCCCCCCCN(CC(O)COCCCCCCCCCCCC)CC(O)COCCCCCCCCCCCC. The smallest absolute Gasteiger partial charge is 0.0900 e. The van der Waals surface area contributed by atoms with Gasteiger partial charge in [0.05, 0.1) is 25.4 Å². The highest BCUT2D eigenvalue weighted by Gasteiger charge is 2.16. The maximum absolute atomic E-state index is 10.8. The average molecular weight is 726 g/mol. The van der Waals surface area contributed by atoms with Crippen LogP contribution in [0.15, 0.2) is 0 Å². The Kier molecular flexibility index (Phi) is 44.0. The molecule has 51 heavy (non-hydrogen) atoms. The molecule has 308 valence electrons. The summed E-state index contributed by atoms with van der Waals surface area (Å²) in [6.45, 7) is 11.1. The van der Waals surface area contributed by atoms with E-state index in [9.17, 15) is 10.2 Å². The summed E-state index contributed by atoms with van der Waals surface area (Å²) in [4.78, 5) is 2.25. The van der Waals surface area contributed by atoms with Crippen molar-refractivity contribution in [2.75, 3.05) is 46.1 Å². The standard InChI is InChI=1S/C46H95NO4/c1-4-7-10-13-16-19-22-23-24-25-26-29-32-35-38-47(41-45(48)43-50-39-36-33-30-27-20-17-14-11-8-5-2)42-46(49)44-51-40-37-34-31-28-21-18-15-12-9-6-3/h45-46,48-49H,4-44H2,1-3H3. The molecule has 0 amide bonds. The van der Waals surface area contributed by atoms with Crippen LogP contribution in [-0.2, 0) is 9.47 Å². The molecule has 0 fully saturated rings. The van der Waals surface area contributed by atoms with Crippen LogP contribution >= 0.6 is 0 Å². The molecule has 0 aliphatic rings. The Morgan fingerprint density at radius 1 is 0.333 bits per heavy atom. The van der Waals surface area contributed by atoms with E-state index in [0.717, 1.165) is 39.0 Å². The van der Waals surface area contributed by atoms with E-state index in [1.54, 1.807) is 0 Å². The van der Waals surface area contributed by atoms with Gasteiger partial charge in [-0.05, 0) is 25.8 Å². The van der Waals surface area contributed by atoms with E-state index >= 15 is 0 Å². The Morgan fingerprint density at radius 2 is 0.569 bits per heavy atom. The third-order valence-corrected chi connectivity index (χ3v) is 10.7. The summed E-state index contributed by atoms with van der Waals surface area (Å²) in [7, 11) is 0. The molecule has 5 nitrogen and oxygen atoms in total. The molecule has 0 saturated heterocycles. The molecule has 2 N–H and O–H groups in total. The topological polar surface area (TPSA) is 62.2 Å². The Hall–Kier alpha value is -0.200. The molecule has 0 saturated carbocycles. The second-order valence-corrected chi connectivity index (χ2v) is 16.2. The van der Waals surface area contributed by atoms with Crippen LogP contribution in [0.3, 0.4) is 0 Å². The molecule has 0 rings (SSSR count). The average Bonchev–Trinajstić information content (AvgIpc) is 3.12. The van der Waals surface area contributed by atoms with Gasteiger partial charge in [0.25, 0.3) is 0 Å². The molecule has 0 aromatic heterocycles. The van der Waals surface area contributed by atoms with E-state index in [1.165, 1.54) is 199 Å². The van der Waals surface area contributed by atoms with Gasteiger partial charge in [0.1, 0.15) is 0 Å². The number of aliphatic hydroxyl groups is 2. The zero-order chi connectivity index (χ0) is 37.1. The van der Waals surface area contributed by atoms with Gasteiger partial charge in [-0.15, -0.1) is 0 Å². The van der Waals surface area contributed by atoms with Crippen molar-refractivity contribution < 1.29 is 19.7 Å². The number of rotatable bonds is 45. The van der Waals surface area contributed by atoms with E-state index < -0.39 is 12.2 Å². The summed E-state index contributed by atoms with van der Waals surface area (Å²) in [5.41, 5.74) is 0. The molecule has 0 spiro atoms. The molecule has 2 atom stereocenters. The maximum atomic E-state index is 10.8. The lowest BCUT2D eigenvalue weighted by atomic mass is 10.0. The van der Waals surface area contributed by atoms with Gasteiger partial charge in [0.15, 0.2) is 0 Å². The fourth-order valence-electron chi connectivity index (χ4n) is 7.31. The quantitative estimate of drug-likeness (QED) is 0.0612. The molecule has 0 aliphatic carbocycles. The summed E-state index contributed by atoms with van der Waals surface area (Å²) < 4.78 is 11.8. The molecule has 0 heterocycles. The molecular formula is C46H95NO4. The number of unbranched alkanes of at least 4 members (excludes halogenated alkanes) is 31. The van der Waals surface area contributed by atoms with Crippen molar-refractivity contribution in [2.24, 2.45) is 0 Å². The molecule has 2 unspecified atom stereocenters. The maximum Gasteiger partial charge on any atom is 0.0900 e. The zero-order valence-corrected chi connectivity index (χ0v) is 35.3. The van der Waals surface area contributed by atoms with Gasteiger partial charge in [0.2, 0.25) is 0 Å². The highest BCUT2D eigenvalue weighted by atomic mass is 16.5. The molecule has 5 heteroatoms. The number of hydrogen-bond donors (Lipinski definition) is 2. The van der Waals surface area contributed by atoms with Crippen molar-refractivity contribution in [2.45, 2.75) is 251 Å². The normalized spacial score (nSPS) is 13.1.